The Labute approximate surface area is 107 Å². The summed E-state index contributed by atoms with van der Waals surface area (Å²) in [6.07, 6.45) is 0. The summed E-state index contributed by atoms with van der Waals surface area (Å²) in [7, 11) is 0. The predicted octanol–water partition coefficient (Wildman–Crippen LogP) is 1.80. The molecule has 0 saturated heterocycles. The largest absolute Gasteiger partial charge is 0.352 e. The van der Waals surface area contributed by atoms with Crippen molar-refractivity contribution in [3.05, 3.63) is 10.6 Å². The van der Waals surface area contributed by atoms with E-state index in [0.29, 0.717) is 18.5 Å². The molecule has 5 heteroatoms. The molecule has 94 valence electrons. The summed E-state index contributed by atoms with van der Waals surface area (Å²) >= 11 is 1.51. The van der Waals surface area contributed by atoms with Crippen molar-refractivity contribution in [2.75, 3.05) is 13.1 Å². The van der Waals surface area contributed by atoms with Gasteiger partial charge in [0.1, 0.15) is 0 Å². The first kappa shape index (κ1) is 12.5. The summed E-state index contributed by atoms with van der Waals surface area (Å²) in [5, 5.41) is 3.86. The highest BCUT2D eigenvalue weighted by molar-refractivity contribution is 8.18. The highest BCUT2D eigenvalue weighted by Gasteiger charge is 2.38. The molecule has 0 aromatic heterocycles. The van der Waals surface area contributed by atoms with Gasteiger partial charge in [-0.05, 0) is 31.5 Å². The number of carbonyl (C=O) groups is 1. The molecule has 2 heterocycles. The van der Waals surface area contributed by atoms with Crippen molar-refractivity contribution < 1.29 is 4.79 Å². The van der Waals surface area contributed by atoms with Gasteiger partial charge in [-0.3, -0.25) is 9.79 Å². The summed E-state index contributed by atoms with van der Waals surface area (Å²) in [5.41, 5.74) is 1.13. The van der Waals surface area contributed by atoms with Crippen LogP contribution in [0.2, 0.25) is 0 Å². The monoisotopic (exact) mass is 253 g/mol. The molecule has 0 aromatic carbocycles. The number of hydrogen-bond acceptors (Lipinski definition) is 4. The molecule has 4 nitrogen and oxygen atoms in total. The Morgan fingerprint density at radius 1 is 1.65 bits per heavy atom. The van der Waals surface area contributed by atoms with E-state index in [-0.39, 0.29) is 5.91 Å². The fraction of sp³-hybridized carbons (Fsp3) is 0.667. The van der Waals surface area contributed by atoms with Crippen LogP contribution >= 0.6 is 11.8 Å². The average molecular weight is 253 g/mol. The van der Waals surface area contributed by atoms with E-state index in [9.17, 15) is 4.79 Å². The molecule has 2 rings (SSSR count). The number of aliphatic imine (C=N–C) groups is 1. The van der Waals surface area contributed by atoms with Gasteiger partial charge in [0.05, 0.1) is 10.9 Å². The van der Waals surface area contributed by atoms with Gasteiger partial charge in [0.2, 0.25) is 0 Å². The maximum Gasteiger partial charge on any atom is 0.259 e. The summed E-state index contributed by atoms with van der Waals surface area (Å²) in [6, 6.07) is 0.335. The van der Waals surface area contributed by atoms with Crippen LogP contribution in [0.3, 0.4) is 0 Å². The van der Waals surface area contributed by atoms with Crippen molar-refractivity contribution in [3.63, 3.8) is 0 Å². The Balaban J connectivity index is 2.29. The molecule has 2 aliphatic rings. The summed E-state index contributed by atoms with van der Waals surface area (Å²) in [6.45, 7) is 9.86. The summed E-state index contributed by atoms with van der Waals surface area (Å²) in [5.74, 6) is 0.379. The average Bonchev–Trinajstić information content (AvgIpc) is 2.72. The molecule has 0 radical (unpaired) electrons. The second-order valence-electron chi connectivity index (χ2n) is 4.70. The van der Waals surface area contributed by atoms with E-state index >= 15 is 0 Å². The van der Waals surface area contributed by atoms with Gasteiger partial charge >= 0.3 is 0 Å². The maximum atomic E-state index is 12.0. The maximum absolute atomic E-state index is 12.0. The quantitative estimate of drug-likeness (QED) is 0.834. The number of fused-ring (bicyclic) bond motifs is 1. The lowest BCUT2D eigenvalue weighted by Gasteiger charge is -2.20. The van der Waals surface area contributed by atoms with Crippen LogP contribution < -0.4 is 5.32 Å². The van der Waals surface area contributed by atoms with Gasteiger partial charge in [0, 0.05) is 18.8 Å². The number of carbonyl (C=O) groups excluding carboxylic acids is 1. The van der Waals surface area contributed by atoms with E-state index in [0.717, 1.165) is 22.3 Å². The number of hydrogen-bond donors (Lipinski definition) is 1. The third kappa shape index (κ3) is 2.20. The van der Waals surface area contributed by atoms with E-state index in [4.69, 9.17) is 0 Å². The molecule has 0 aromatic rings. The third-order valence-corrected chi connectivity index (χ3v) is 3.92. The van der Waals surface area contributed by atoms with Gasteiger partial charge < -0.3 is 10.2 Å². The highest BCUT2D eigenvalue weighted by atomic mass is 32.2. The molecular weight excluding hydrogens is 234 g/mol. The molecule has 1 N–H and O–H groups in total. The molecular formula is C12H19N3OS. The first-order chi connectivity index (χ1) is 8.04. The van der Waals surface area contributed by atoms with Gasteiger partial charge in [0.25, 0.3) is 5.91 Å². The lowest BCUT2D eigenvalue weighted by Crippen LogP contribution is -2.28. The van der Waals surface area contributed by atoms with E-state index < -0.39 is 0 Å². The second-order valence-corrected chi connectivity index (χ2v) is 5.68. The number of rotatable bonds is 3. The van der Waals surface area contributed by atoms with Crippen molar-refractivity contribution in [1.82, 2.24) is 10.2 Å². The molecule has 2 aliphatic heterocycles. The van der Waals surface area contributed by atoms with Crippen LogP contribution in [0.15, 0.2) is 15.6 Å². The molecule has 0 aliphatic carbocycles. The zero-order valence-electron chi connectivity index (χ0n) is 10.8. The lowest BCUT2D eigenvalue weighted by atomic mass is 10.1. The van der Waals surface area contributed by atoms with Gasteiger partial charge in [-0.25, -0.2) is 0 Å². The fourth-order valence-electron chi connectivity index (χ4n) is 2.17. The van der Waals surface area contributed by atoms with E-state index in [2.05, 4.69) is 36.0 Å². The minimum absolute atomic E-state index is 0.0333. The van der Waals surface area contributed by atoms with Crippen molar-refractivity contribution in [2.45, 2.75) is 33.7 Å². The van der Waals surface area contributed by atoms with Gasteiger partial charge in [-0.1, -0.05) is 13.8 Å². The fourth-order valence-corrected chi connectivity index (χ4v) is 3.48. The summed E-state index contributed by atoms with van der Waals surface area (Å²) in [4.78, 5) is 19.6. The Hall–Kier alpha value is -0.970. The number of amidine groups is 1. The minimum atomic E-state index is 0.0333. The van der Waals surface area contributed by atoms with Crippen LogP contribution in [-0.4, -0.2) is 35.1 Å². The Morgan fingerprint density at radius 2 is 2.35 bits per heavy atom. The molecule has 1 atom stereocenters. The number of allylic oxidation sites excluding steroid dienone is 1. The number of amides is 1. The highest BCUT2D eigenvalue weighted by Crippen LogP contribution is 2.40. The van der Waals surface area contributed by atoms with Crippen molar-refractivity contribution in [1.29, 1.82) is 0 Å². The number of nitrogens with one attached hydrogen (secondary N) is 1. The molecule has 0 spiro atoms. The molecule has 1 amide bonds. The Bertz CT molecular complexity index is 401. The molecule has 0 bridgehead atoms. The Morgan fingerprint density at radius 3 is 2.94 bits per heavy atom. The lowest BCUT2D eigenvalue weighted by molar-refractivity contribution is -0.116. The standard InChI is InChI=1S/C12H19N3OS/c1-5-13-11(16)10-9(7(2)3)15-6-8(4)14-12(15)17-10/h7-8H,5-6H2,1-4H3,(H,13,16). The zero-order chi connectivity index (χ0) is 12.6. The van der Waals surface area contributed by atoms with Gasteiger partial charge in [0.15, 0.2) is 5.17 Å². The minimum Gasteiger partial charge on any atom is -0.352 e. The van der Waals surface area contributed by atoms with Crippen molar-refractivity contribution in [3.8, 4) is 0 Å². The SMILES string of the molecule is CCNC(=O)C1=C(C(C)C)N2CC(C)N=C2S1. The van der Waals surface area contributed by atoms with Crippen molar-refractivity contribution in [2.24, 2.45) is 10.9 Å². The Kier molecular flexibility index (Phi) is 3.47. The normalized spacial score (nSPS) is 23.2. The van der Waals surface area contributed by atoms with E-state index in [1.54, 1.807) is 0 Å². The third-order valence-electron chi connectivity index (χ3n) is 2.82. The van der Waals surface area contributed by atoms with Crippen molar-refractivity contribution >= 4 is 22.8 Å². The number of likely N-dealkylation sites (N-methyl/N-ethyl adjacent to an activating group) is 1. The van der Waals surface area contributed by atoms with E-state index in [1.807, 2.05) is 6.92 Å². The van der Waals surface area contributed by atoms with Crippen LogP contribution in [0.4, 0.5) is 0 Å². The zero-order valence-corrected chi connectivity index (χ0v) is 11.6. The predicted molar refractivity (Wildman–Crippen MR) is 71.7 cm³/mol. The van der Waals surface area contributed by atoms with Crippen LogP contribution in [0, 0.1) is 5.92 Å². The number of nitrogens with zero attached hydrogens (tertiary/aromatic N) is 2. The first-order valence-corrected chi connectivity index (χ1v) is 6.91. The molecule has 0 saturated carbocycles. The van der Waals surface area contributed by atoms with Gasteiger partial charge in [-0.2, -0.15) is 0 Å². The molecule has 0 fully saturated rings. The van der Waals surface area contributed by atoms with Crippen LogP contribution in [-0.2, 0) is 4.79 Å². The van der Waals surface area contributed by atoms with Crippen LogP contribution in [0.25, 0.3) is 0 Å². The molecule has 17 heavy (non-hydrogen) atoms. The van der Waals surface area contributed by atoms with Gasteiger partial charge in [-0.15, -0.1) is 0 Å². The topological polar surface area (TPSA) is 44.7 Å². The van der Waals surface area contributed by atoms with Crippen LogP contribution in [0.1, 0.15) is 27.7 Å². The summed E-state index contributed by atoms with van der Waals surface area (Å²) < 4.78 is 0. The van der Waals surface area contributed by atoms with Crippen LogP contribution in [0.5, 0.6) is 0 Å². The molecule has 1 unspecified atom stereocenters. The number of thioether (sulfide) groups is 1. The second kappa shape index (κ2) is 4.72. The van der Waals surface area contributed by atoms with E-state index in [1.165, 1.54) is 11.8 Å². The first-order valence-electron chi connectivity index (χ1n) is 6.10. The smallest absolute Gasteiger partial charge is 0.259 e.